The molecule has 1 atom stereocenters. The maximum absolute atomic E-state index is 11.6. The highest BCUT2D eigenvalue weighted by Crippen LogP contribution is 2.03. The molecular weight excluding hydrogens is 238 g/mol. The molecule has 0 radical (unpaired) electrons. The Balaban J connectivity index is 2.25. The fourth-order valence-electron chi connectivity index (χ4n) is 1.67. The monoisotopic (exact) mass is 261 g/mol. The van der Waals surface area contributed by atoms with Gasteiger partial charge < -0.3 is 10.2 Å². The number of aryl methyl sites for hydroxylation is 1. The molecule has 1 rings (SSSR count). The van der Waals surface area contributed by atoms with Crippen LogP contribution in [0.4, 0.5) is 0 Å². The number of carbonyl (C=O) groups is 1. The third-order valence-corrected chi connectivity index (χ3v) is 2.74. The molecule has 0 aliphatic rings. The van der Waals surface area contributed by atoms with Gasteiger partial charge in [-0.2, -0.15) is 0 Å². The summed E-state index contributed by atoms with van der Waals surface area (Å²) in [5, 5.41) is 2.96. The van der Waals surface area contributed by atoms with Gasteiger partial charge in [-0.15, -0.1) is 0 Å². The van der Waals surface area contributed by atoms with Crippen LogP contribution < -0.4 is 5.32 Å². The molecule has 1 heterocycles. The molecule has 1 aromatic rings. The number of hydrogen-bond acceptors (Lipinski definition) is 3. The second-order valence-corrected chi connectivity index (χ2v) is 4.97. The van der Waals surface area contributed by atoms with E-state index in [0.717, 1.165) is 19.4 Å². The lowest BCUT2D eigenvalue weighted by molar-refractivity contribution is -0.117. The van der Waals surface area contributed by atoms with Gasteiger partial charge in [0.15, 0.2) is 0 Å². The van der Waals surface area contributed by atoms with Gasteiger partial charge in [0.2, 0.25) is 5.91 Å². The van der Waals surface area contributed by atoms with Gasteiger partial charge in [-0.3, -0.25) is 9.78 Å². The van der Waals surface area contributed by atoms with E-state index in [2.05, 4.69) is 10.3 Å². The van der Waals surface area contributed by atoms with Gasteiger partial charge in [0.25, 0.3) is 0 Å². The molecule has 4 heteroatoms. The fourth-order valence-corrected chi connectivity index (χ4v) is 1.67. The summed E-state index contributed by atoms with van der Waals surface area (Å²) in [4.78, 5) is 17.6. The largest absolute Gasteiger partial charge is 0.350 e. The number of pyridine rings is 1. The van der Waals surface area contributed by atoms with Crippen LogP contribution >= 0.6 is 0 Å². The van der Waals surface area contributed by atoms with Crippen LogP contribution in [0.1, 0.15) is 18.9 Å². The third-order valence-electron chi connectivity index (χ3n) is 2.74. The summed E-state index contributed by atoms with van der Waals surface area (Å²) < 4.78 is 0. The van der Waals surface area contributed by atoms with Crippen molar-refractivity contribution in [2.75, 3.05) is 20.6 Å². The lowest BCUT2D eigenvalue weighted by Gasteiger charge is -2.12. The van der Waals surface area contributed by atoms with Crippen LogP contribution in [0.5, 0.6) is 0 Å². The Kier molecular flexibility index (Phi) is 6.82. The molecule has 1 N–H and O–H groups in total. The number of likely N-dealkylation sites (N-methyl/N-ethyl adjacent to an activating group) is 1. The summed E-state index contributed by atoms with van der Waals surface area (Å²) >= 11 is 0. The number of aromatic nitrogens is 1. The standard InChI is InChI=1S/C15H23N3O/c1-13(6-7-14-8-10-16-11-9-14)17-15(19)5-4-12-18(2)3/h4-5,8-11,13H,6-7,12H2,1-3H3,(H,17,19)/b5-4+. The minimum absolute atomic E-state index is 0.0240. The van der Waals surface area contributed by atoms with Crippen molar-refractivity contribution in [3.05, 3.63) is 42.2 Å². The topological polar surface area (TPSA) is 45.2 Å². The van der Waals surface area contributed by atoms with Gasteiger partial charge in [0, 0.05) is 31.1 Å². The summed E-state index contributed by atoms with van der Waals surface area (Å²) in [5.74, 6) is -0.0240. The molecule has 104 valence electrons. The average Bonchev–Trinajstić information content (AvgIpc) is 2.37. The molecule has 0 fully saturated rings. The van der Waals surface area contributed by atoms with Crippen molar-refractivity contribution in [3.8, 4) is 0 Å². The molecule has 19 heavy (non-hydrogen) atoms. The second kappa shape index (κ2) is 8.43. The van der Waals surface area contributed by atoms with E-state index in [1.165, 1.54) is 5.56 Å². The van der Waals surface area contributed by atoms with Crippen molar-refractivity contribution in [1.29, 1.82) is 0 Å². The van der Waals surface area contributed by atoms with Crippen LogP contribution in [0.15, 0.2) is 36.7 Å². The van der Waals surface area contributed by atoms with Crippen LogP contribution in [-0.4, -0.2) is 42.5 Å². The maximum Gasteiger partial charge on any atom is 0.243 e. The first-order chi connectivity index (χ1) is 9.08. The Labute approximate surface area is 115 Å². The number of rotatable bonds is 7. The molecule has 0 saturated heterocycles. The highest BCUT2D eigenvalue weighted by molar-refractivity contribution is 5.87. The first-order valence-electron chi connectivity index (χ1n) is 6.58. The van der Waals surface area contributed by atoms with Gasteiger partial charge in [0.05, 0.1) is 0 Å². The normalized spacial score (nSPS) is 12.8. The van der Waals surface area contributed by atoms with Crippen molar-refractivity contribution in [1.82, 2.24) is 15.2 Å². The van der Waals surface area contributed by atoms with Gasteiger partial charge in [-0.25, -0.2) is 0 Å². The van der Waals surface area contributed by atoms with E-state index < -0.39 is 0 Å². The third kappa shape index (κ3) is 7.36. The van der Waals surface area contributed by atoms with E-state index in [-0.39, 0.29) is 11.9 Å². The molecule has 1 unspecified atom stereocenters. The summed E-state index contributed by atoms with van der Waals surface area (Å²) in [7, 11) is 3.94. The Morgan fingerprint density at radius 3 is 2.74 bits per heavy atom. The first-order valence-corrected chi connectivity index (χ1v) is 6.58. The van der Waals surface area contributed by atoms with Crippen molar-refractivity contribution in [2.45, 2.75) is 25.8 Å². The maximum atomic E-state index is 11.6. The van der Waals surface area contributed by atoms with Gasteiger partial charge in [-0.1, -0.05) is 6.08 Å². The van der Waals surface area contributed by atoms with E-state index in [1.807, 2.05) is 44.1 Å². The molecule has 0 bridgehead atoms. The molecule has 4 nitrogen and oxygen atoms in total. The van der Waals surface area contributed by atoms with Crippen LogP contribution in [-0.2, 0) is 11.2 Å². The van der Waals surface area contributed by atoms with Crippen molar-refractivity contribution in [3.63, 3.8) is 0 Å². The van der Waals surface area contributed by atoms with Gasteiger partial charge in [0.1, 0.15) is 0 Å². The Bertz CT molecular complexity index is 401. The van der Waals surface area contributed by atoms with Crippen LogP contribution in [0.25, 0.3) is 0 Å². The number of nitrogens with one attached hydrogen (secondary N) is 1. The Morgan fingerprint density at radius 2 is 2.11 bits per heavy atom. The van der Waals surface area contributed by atoms with Crippen molar-refractivity contribution < 1.29 is 4.79 Å². The predicted octanol–water partition coefficient (Wildman–Crippen LogP) is 1.64. The summed E-state index contributed by atoms with van der Waals surface area (Å²) in [6.45, 7) is 2.80. The lowest BCUT2D eigenvalue weighted by Crippen LogP contribution is -2.31. The highest BCUT2D eigenvalue weighted by Gasteiger charge is 2.04. The van der Waals surface area contributed by atoms with E-state index in [0.29, 0.717) is 0 Å². The molecule has 0 aliphatic carbocycles. The van der Waals surface area contributed by atoms with E-state index >= 15 is 0 Å². The second-order valence-electron chi connectivity index (χ2n) is 4.97. The predicted molar refractivity (Wildman–Crippen MR) is 77.9 cm³/mol. The lowest BCUT2D eigenvalue weighted by atomic mass is 10.1. The van der Waals surface area contributed by atoms with Crippen molar-refractivity contribution >= 4 is 5.91 Å². The Morgan fingerprint density at radius 1 is 1.42 bits per heavy atom. The van der Waals surface area contributed by atoms with Gasteiger partial charge >= 0.3 is 0 Å². The molecular formula is C15H23N3O. The van der Waals surface area contributed by atoms with Gasteiger partial charge in [-0.05, 0) is 51.6 Å². The fraction of sp³-hybridized carbons (Fsp3) is 0.467. The zero-order valence-corrected chi connectivity index (χ0v) is 12.0. The number of carbonyl (C=O) groups excluding carboxylic acids is 1. The van der Waals surface area contributed by atoms with Crippen LogP contribution in [0.3, 0.4) is 0 Å². The van der Waals surface area contributed by atoms with E-state index in [4.69, 9.17) is 0 Å². The van der Waals surface area contributed by atoms with Crippen molar-refractivity contribution in [2.24, 2.45) is 0 Å². The van der Waals surface area contributed by atoms with Crippen LogP contribution in [0.2, 0.25) is 0 Å². The highest BCUT2D eigenvalue weighted by atomic mass is 16.1. The molecule has 0 saturated carbocycles. The number of hydrogen-bond donors (Lipinski definition) is 1. The zero-order valence-electron chi connectivity index (χ0n) is 12.0. The minimum Gasteiger partial charge on any atom is -0.350 e. The quantitative estimate of drug-likeness (QED) is 0.759. The Hall–Kier alpha value is -1.68. The molecule has 0 aromatic carbocycles. The number of nitrogens with zero attached hydrogens (tertiary/aromatic N) is 2. The smallest absolute Gasteiger partial charge is 0.243 e. The SMILES string of the molecule is CC(CCc1ccncc1)NC(=O)/C=C/CN(C)C. The zero-order chi connectivity index (χ0) is 14.1. The summed E-state index contributed by atoms with van der Waals surface area (Å²) in [5.41, 5.74) is 1.25. The van der Waals surface area contributed by atoms with E-state index in [1.54, 1.807) is 18.5 Å². The number of amides is 1. The first kappa shape index (κ1) is 15.4. The molecule has 0 spiro atoms. The van der Waals surface area contributed by atoms with Crippen LogP contribution in [0, 0.1) is 0 Å². The molecule has 0 aliphatic heterocycles. The van der Waals surface area contributed by atoms with E-state index in [9.17, 15) is 4.79 Å². The average molecular weight is 261 g/mol. The molecule has 1 amide bonds. The summed E-state index contributed by atoms with van der Waals surface area (Å²) in [6, 6.07) is 4.18. The minimum atomic E-state index is -0.0240. The summed E-state index contributed by atoms with van der Waals surface area (Å²) in [6.07, 6.45) is 8.93. The molecule has 1 aromatic heterocycles.